The molecule has 1 aromatic carbocycles. The number of methoxy groups -OCH3 is 1. The van der Waals surface area contributed by atoms with Gasteiger partial charge in [0.1, 0.15) is 34.8 Å². The predicted octanol–water partition coefficient (Wildman–Crippen LogP) is 3.70. The first-order chi connectivity index (χ1) is 14.7. The van der Waals surface area contributed by atoms with Crippen LogP contribution in [-0.2, 0) is 12.0 Å². The van der Waals surface area contributed by atoms with Crippen molar-refractivity contribution in [3.05, 3.63) is 59.2 Å². The third kappa shape index (κ3) is 3.97. The molecule has 0 radical (unpaired) electrons. The van der Waals surface area contributed by atoms with Gasteiger partial charge in [0.25, 0.3) is 0 Å². The minimum Gasteiger partial charge on any atom is -0.495 e. The van der Waals surface area contributed by atoms with Crippen molar-refractivity contribution < 1.29 is 26.8 Å². The second-order valence-corrected chi connectivity index (χ2v) is 7.41. The molecule has 8 heteroatoms. The van der Waals surface area contributed by atoms with E-state index in [1.54, 1.807) is 0 Å². The first kappa shape index (κ1) is 17.0. The number of hydrogen-bond acceptors (Lipinski definition) is 5. The normalized spacial score (nSPS) is 28.7. The van der Waals surface area contributed by atoms with Crippen molar-refractivity contribution in [3.8, 4) is 5.75 Å². The number of carbonyl (C=O) groups excluding carboxylic acids is 1. The number of ether oxygens (including phenoxy) is 1. The Hall–Kier alpha value is -2.90. The summed E-state index contributed by atoms with van der Waals surface area (Å²) in [4.78, 5) is 20.4. The number of benzene rings is 1. The second-order valence-electron chi connectivity index (χ2n) is 7.41. The number of pyridine rings is 1. The molecule has 0 unspecified atom stereocenters. The van der Waals surface area contributed by atoms with Crippen LogP contribution in [0.5, 0.6) is 5.75 Å². The molecule has 1 aromatic heterocycles. The van der Waals surface area contributed by atoms with Crippen LogP contribution in [0.25, 0.3) is 0 Å². The largest absolute Gasteiger partial charge is 0.495 e. The molecular formula is C21H22F3N3O2. The number of aliphatic imine (C=N–C) groups is 1. The quantitative estimate of drug-likeness (QED) is 0.766. The number of nitrogens with two attached hydrogens (primary N) is 1. The molecule has 0 amide bonds. The number of carbonyl (C=O) groups is 1. The lowest BCUT2D eigenvalue weighted by atomic mass is 9.78. The van der Waals surface area contributed by atoms with Gasteiger partial charge in [-0.05, 0) is 43.7 Å². The molecule has 1 aliphatic rings. The van der Waals surface area contributed by atoms with Crippen LogP contribution in [-0.4, -0.2) is 35.5 Å². The molecule has 0 bridgehead atoms. The highest BCUT2D eigenvalue weighted by Gasteiger charge is 2.49. The van der Waals surface area contributed by atoms with Crippen molar-refractivity contribution in [2.24, 2.45) is 10.7 Å². The molecule has 3 atom stereocenters. The first-order valence-electron chi connectivity index (χ1n) is 10.4. The maximum absolute atomic E-state index is 14.9. The number of halogens is 3. The topological polar surface area (TPSA) is 77.6 Å². The molecule has 5 nitrogen and oxygen atoms in total. The van der Waals surface area contributed by atoms with Gasteiger partial charge >= 0.3 is 0 Å². The number of nitrogens with zero attached hydrogens (tertiary/aromatic N) is 2. The standard InChI is InChI=1S/C21H22F3N3O2/c1-20(24)10-18(23)21(2,27-19(20)25)14-8-12(4-6-15(14)22)9-17(28)16-7-5-13(29-3)11-26-16/h4-8,11,18H,9-10H2,1-3H3,(H2,25,27)/t18-,20+,21-/m1/s1/i3D3. The molecule has 29 heavy (non-hydrogen) atoms. The Morgan fingerprint density at radius 3 is 2.79 bits per heavy atom. The van der Waals surface area contributed by atoms with Gasteiger partial charge in [-0.15, -0.1) is 0 Å². The maximum Gasteiger partial charge on any atom is 0.185 e. The molecule has 2 heterocycles. The van der Waals surface area contributed by atoms with Gasteiger partial charge in [-0.1, -0.05) is 6.07 Å². The molecule has 0 spiro atoms. The molecule has 0 saturated carbocycles. The molecule has 0 saturated heterocycles. The Bertz CT molecular complexity index is 1060. The highest BCUT2D eigenvalue weighted by molar-refractivity contribution is 5.95. The summed E-state index contributed by atoms with van der Waals surface area (Å²) in [7, 11) is -2.65. The highest BCUT2D eigenvalue weighted by atomic mass is 19.2. The molecule has 3 rings (SSSR count). The lowest BCUT2D eigenvalue weighted by molar-refractivity contribution is 0.0988. The minimum absolute atomic E-state index is 0.0276. The summed E-state index contributed by atoms with van der Waals surface area (Å²) in [6.07, 6.45) is -1.49. The summed E-state index contributed by atoms with van der Waals surface area (Å²) in [6, 6.07) is 6.37. The summed E-state index contributed by atoms with van der Waals surface area (Å²) < 4.78 is 69.7. The average Bonchev–Trinajstić information content (AvgIpc) is 2.67. The molecule has 154 valence electrons. The van der Waals surface area contributed by atoms with Crippen molar-refractivity contribution in [1.29, 1.82) is 0 Å². The Kier molecular flexibility index (Phi) is 4.39. The Balaban J connectivity index is 1.85. The van der Waals surface area contributed by atoms with E-state index in [0.29, 0.717) is 5.56 Å². The number of rotatable bonds is 5. The molecule has 2 aromatic rings. The molecule has 2 N–H and O–H groups in total. The van der Waals surface area contributed by atoms with Crippen LogP contribution in [0.1, 0.15) is 46.0 Å². The fraction of sp³-hybridized carbons (Fsp3) is 0.381. The van der Waals surface area contributed by atoms with Gasteiger partial charge in [0.2, 0.25) is 0 Å². The van der Waals surface area contributed by atoms with Crippen LogP contribution in [0, 0.1) is 5.82 Å². The third-order valence-corrected chi connectivity index (χ3v) is 5.14. The fourth-order valence-electron chi connectivity index (χ4n) is 3.26. The lowest BCUT2D eigenvalue weighted by Crippen LogP contribution is -2.51. The van der Waals surface area contributed by atoms with Crippen molar-refractivity contribution >= 4 is 11.6 Å². The van der Waals surface area contributed by atoms with Crippen LogP contribution < -0.4 is 10.5 Å². The number of Topliss-reactive ketones (excluding diaryl/α,β-unsaturated/α-hetero) is 1. The second kappa shape index (κ2) is 7.50. The number of ketones is 1. The van der Waals surface area contributed by atoms with Crippen molar-refractivity contribution in [2.75, 3.05) is 7.04 Å². The molecule has 0 aliphatic carbocycles. The van der Waals surface area contributed by atoms with E-state index in [0.717, 1.165) is 19.2 Å². The van der Waals surface area contributed by atoms with Gasteiger partial charge < -0.3 is 10.5 Å². The summed E-state index contributed by atoms with van der Waals surface area (Å²) in [5, 5.41) is 0. The van der Waals surface area contributed by atoms with E-state index in [4.69, 9.17) is 14.6 Å². The SMILES string of the molecule is [2H]C([2H])([2H])Oc1ccc(C(=O)Cc2ccc(F)c([C@@]3(C)N=C(N)[C@@](C)(F)C[C@H]3F)c2)nc1. The third-order valence-electron chi connectivity index (χ3n) is 5.14. The first-order valence-corrected chi connectivity index (χ1v) is 8.87. The van der Waals surface area contributed by atoms with Crippen LogP contribution in [0.15, 0.2) is 41.5 Å². The zero-order valence-corrected chi connectivity index (χ0v) is 15.9. The Morgan fingerprint density at radius 1 is 1.38 bits per heavy atom. The molecular weight excluding hydrogens is 383 g/mol. The van der Waals surface area contributed by atoms with Crippen molar-refractivity contribution in [1.82, 2.24) is 4.98 Å². The number of amidine groups is 1. The summed E-state index contributed by atoms with van der Waals surface area (Å²) in [6.45, 7) is 2.44. The van der Waals surface area contributed by atoms with Crippen molar-refractivity contribution in [2.45, 2.75) is 44.1 Å². The van der Waals surface area contributed by atoms with Gasteiger partial charge in [0.05, 0.1) is 17.3 Å². The minimum atomic E-state index is -2.65. The predicted molar refractivity (Wildman–Crippen MR) is 103 cm³/mol. The lowest BCUT2D eigenvalue weighted by Gasteiger charge is -2.39. The fourth-order valence-corrected chi connectivity index (χ4v) is 3.26. The van der Waals surface area contributed by atoms with E-state index in [1.807, 2.05) is 0 Å². The zero-order chi connectivity index (χ0) is 23.9. The van der Waals surface area contributed by atoms with E-state index in [2.05, 4.69) is 9.98 Å². The highest BCUT2D eigenvalue weighted by Crippen LogP contribution is 2.42. The van der Waals surface area contributed by atoms with E-state index in [1.165, 1.54) is 31.2 Å². The van der Waals surface area contributed by atoms with Crippen LogP contribution >= 0.6 is 0 Å². The zero-order valence-electron chi connectivity index (χ0n) is 18.9. The number of hydrogen-bond donors (Lipinski definition) is 1. The van der Waals surface area contributed by atoms with E-state index >= 15 is 0 Å². The Labute approximate surface area is 171 Å². The van der Waals surface area contributed by atoms with E-state index in [-0.39, 0.29) is 23.4 Å². The van der Waals surface area contributed by atoms with Gasteiger partial charge in [0.15, 0.2) is 11.5 Å². The van der Waals surface area contributed by atoms with Crippen LogP contribution in [0.2, 0.25) is 0 Å². The van der Waals surface area contributed by atoms with Gasteiger partial charge in [-0.2, -0.15) is 0 Å². The van der Waals surface area contributed by atoms with Crippen LogP contribution in [0.3, 0.4) is 0 Å². The Morgan fingerprint density at radius 2 is 2.14 bits per heavy atom. The van der Waals surface area contributed by atoms with Crippen LogP contribution in [0.4, 0.5) is 13.2 Å². The number of aromatic nitrogens is 1. The summed E-state index contributed by atoms with van der Waals surface area (Å²) >= 11 is 0. The van der Waals surface area contributed by atoms with E-state index < -0.39 is 48.3 Å². The number of alkyl halides is 2. The average molecular weight is 408 g/mol. The molecule has 1 aliphatic heterocycles. The van der Waals surface area contributed by atoms with Gasteiger partial charge in [0, 0.05) is 18.4 Å². The van der Waals surface area contributed by atoms with Gasteiger partial charge in [-0.3, -0.25) is 9.79 Å². The monoisotopic (exact) mass is 408 g/mol. The summed E-state index contributed by atoms with van der Waals surface area (Å²) in [5.74, 6) is -1.64. The summed E-state index contributed by atoms with van der Waals surface area (Å²) in [5.41, 5.74) is 2.05. The van der Waals surface area contributed by atoms with E-state index in [9.17, 15) is 18.0 Å². The molecule has 0 fully saturated rings. The smallest absolute Gasteiger partial charge is 0.185 e. The maximum atomic E-state index is 14.9. The van der Waals surface area contributed by atoms with Crippen molar-refractivity contribution in [3.63, 3.8) is 0 Å². The van der Waals surface area contributed by atoms with Gasteiger partial charge in [-0.25, -0.2) is 18.2 Å².